The highest BCUT2D eigenvalue weighted by Gasteiger charge is 2.19. The maximum absolute atomic E-state index is 3.64. The van der Waals surface area contributed by atoms with Crippen LogP contribution in [0.2, 0.25) is 0 Å². The summed E-state index contributed by atoms with van der Waals surface area (Å²) >= 11 is 0. The van der Waals surface area contributed by atoms with Crippen LogP contribution in [0.25, 0.3) is 0 Å². The van der Waals surface area contributed by atoms with Gasteiger partial charge in [-0.2, -0.15) is 0 Å². The molecule has 0 aromatic carbocycles. The summed E-state index contributed by atoms with van der Waals surface area (Å²) in [7, 11) is 2.23. The molecule has 1 rings (SSSR count). The maximum atomic E-state index is 3.64. The highest BCUT2D eigenvalue weighted by Crippen LogP contribution is 2.06. The summed E-state index contributed by atoms with van der Waals surface area (Å²) in [6, 6.07) is 1.42. The third-order valence-electron chi connectivity index (χ3n) is 3.89. The molecule has 1 aliphatic rings. The molecule has 1 heterocycles. The van der Waals surface area contributed by atoms with Crippen LogP contribution in [0.5, 0.6) is 0 Å². The lowest BCUT2D eigenvalue weighted by Crippen LogP contribution is -2.51. The molecule has 1 aliphatic heterocycles. The van der Waals surface area contributed by atoms with Gasteiger partial charge < -0.3 is 10.2 Å². The van der Waals surface area contributed by atoms with E-state index in [1.54, 1.807) is 0 Å². The van der Waals surface area contributed by atoms with Gasteiger partial charge in [-0.25, -0.2) is 0 Å². The van der Waals surface area contributed by atoms with Gasteiger partial charge in [-0.05, 0) is 26.8 Å². The molecule has 1 fully saturated rings. The van der Waals surface area contributed by atoms with Crippen molar-refractivity contribution in [2.24, 2.45) is 0 Å². The van der Waals surface area contributed by atoms with Crippen LogP contribution in [-0.4, -0.2) is 61.7 Å². The van der Waals surface area contributed by atoms with Crippen molar-refractivity contribution in [3.63, 3.8) is 0 Å². The summed E-state index contributed by atoms with van der Waals surface area (Å²) in [4.78, 5) is 5.03. The van der Waals surface area contributed by atoms with Gasteiger partial charge in [0.15, 0.2) is 0 Å². The molecule has 3 heteroatoms. The number of nitrogens with one attached hydrogen (secondary N) is 1. The Balaban J connectivity index is 2.13. The van der Waals surface area contributed by atoms with Crippen LogP contribution in [0.1, 0.15) is 33.6 Å². The summed E-state index contributed by atoms with van der Waals surface area (Å²) in [5.41, 5.74) is 0. The minimum Gasteiger partial charge on any atom is -0.313 e. The number of piperazine rings is 1. The largest absolute Gasteiger partial charge is 0.313 e. The third kappa shape index (κ3) is 4.40. The second-order valence-electron chi connectivity index (χ2n) is 5.10. The van der Waals surface area contributed by atoms with E-state index in [1.165, 1.54) is 39.0 Å². The van der Waals surface area contributed by atoms with Crippen molar-refractivity contribution < 1.29 is 0 Å². The van der Waals surface area contributed by atoms with Crippen LogP contribution >= 0.6 is 0 Å². The van der Waals surface area contributed by atoms with E-state index < -0.39 is 0 Å². The van der Waals surface area contributed by atoms with E-state index in [9.17, 15) is 0 Å². The van der Waals surface area contributed by atoms with Crippen molar-refractivity contribution in [2.75, 3.05) is 39.8 Å². The van der Waals surface area contributed by atoms with Gasteiger partial charge in [-0.3, -0.25) is 4.90 Å². The molecule has 1 saturated heterocycles. The second kappa shape index (κ2) is 7.25. The van der Waals surface area contributed by atoms with E-state index in [4.69, 9.17) is 0 Å². The predicted octanol–water partition coefficient (Wildman–Crippen LogP) is 1.40. The first-order chi connectivity index (χ1) is 7.67. The lowest BCUT2D eigenvalue weighted by molar-refractivity contribution is 0.105. The smallest absolute Gasteiger partial charge is 0.0192 e. The van der Waals surface area contributed by atoms with Crippen molar-refractivity contribution in [1.29, 1.82) is 0 Å². The molecule has 0 aliphatic carbocycles. The van der Waals surface area contributed by atoms with Gasteiger partial charge in [-0.15, -0.1) is 0 Å². The van der Waals surface area contributed by atoms with Gasteiger partial charge in [0.05, 0.1) is 0 Å². The Hall–Kier alpha value is -0.120. The Morgan fingerprint density at radius 2 is 1.94 bits per heavy atom. The van der Waals surface area contributed by atoms with Crippen molar-refractivity contribution in [2.45, 2.75) is 45.7 Å². The minimum absolute atomic E-state index is 0.710. The van der Waals surface area contributed by atoms with Crippen LogP contribution < -0.4 is 5.32 Å². The fourth-order valence-electron chi connectivity index (χ4n) is 2.33. The fraction of sp³-hybridized carbons (Fsp3) is 1.00. The minimum atomic E-state index is 0.710. The van der Waals surface area contributed by atoms with Gasteiger partial charge in [0.25, 0.3) is 0 Å². The number of nitrogens with zero attached hydrogens (tertiary/aromatic N) is 2. The van der Waals surface area contributed by atoms with E-state index >= 15 is 0 Å². The molecule has 16 heavy (non-hydrogen) atoms. The standard InChI is InChI=1S/C13H29N3/c1-5-13(6-2)14-7-8-16-10-9-15(4)12(3)11-16/h12-14H,5-11H2,1-4H3. The topological polar surface area (TPSA) is 18.5 Å². The summed E-state index contributed by atoms with van der Waals surface area (Å²) in [5, 5.41) is 3.64. The van der Waals surface area contributed by atoms with Gasteiger partial charge in [0.2, 0.25) is 0 Å². The van der Waals surface area contributed by atoms with Gasteiger partial charge >= 0.3 is 0 Å². The van der Waals surface area contributed by atoms with Crippen LogP contribution in [-0.2, 0) is 0 Å². The highest BCUT2D eigenvalue weighted by molar-refractivity contribution is 4.77. The number of rotatable bonds is 6. The molecule has 1 unspecified atom stereocenters. The molecule has 0 radical (unpaired) electrons. The van der Waals surface area contributed by atoms with E-state index in [0.29, 0.717) is 12.1 Å². The molecule has 0 amide bonds. The van der Waals surface area contributed by atoms with Crippen LogP contribution in [0.3, 0.4) is 0 Å². The number of hydrogen-bond acceptors (Lipinski definition) is 3. The average molecular weight is 227 g/mol. The summed E-state index contributed by atoms with van der Waals surface area (Å²) in [6.45, 7) is 12.9. The van der Waals surface area contributed by atoms with Crippen LogP contribution in [0.15, 0.2) is 0 Å². The quantitative estimate of drug-likeness (QED) is 0.740. The summed E-state index contributed by atoms with van der Waals surface area (Å²) in [6.07, 6.45) is 2.49. The molecule has 96 valence electrons. The molecule has 1 N–H and O–H groups in total. The van der Waals surface area contributed by atoms with Crippen molar-refractivity contribution in [3.05, 3.63) is 0 Å². The van der Waals surface area contributed by atoms with Gasteiger partial charge in [0.1, 0.15) is 0 Å². The van der Waals surface area contributed by atoms with Crippen molar-refractivity contribution in [3.8, 4) is 0 Å². The molecule has 0 aromatic heterocycles. The molecular formula is C13H29N3. The predicted molar refractivity (Wildman–Crippen MR) is 70.9 cm³/mol. The van der Waals surface area contributed by atoms with Crippen molar-refractivity contribution in [1.82, 2.24) is 15.1 Å². The SMILES string of the molecule is CCC(CC)NCCN1CCN(C)C(C)C1. The Bertz CT molecular complexity index is 180. The molecule has 0 saturated carbocycles. The van der Waals surface area contributed by atoms with Gasteiger partial charge in [0, 0.05) is 44.8 Å². The normalized spacial score (nSPS) is 24.2. The Kier molecular flexibility index (Phi) is 6.32. The highest BCUT2D eigenvalue weighted by atomic mass is 15.3. The Morgan fingerprint density at radius 3 is 2.50 bits per heavy atom. The zero-order chi connectivity index (χ0) is 12.0. The molecule has 3 nitrogen and oxygen atoms in total. The average Bonchev–Trinajstić information content (AvgIpc) is 2.29. The monoisotopic (exact) mass is 227 g/mol. The van der Waals surface area contributed by atoms with Crippen LogP contribution in [0.4, 0.5) is 0 Å². The molecular weight excluding hydrogens is 198 g/mol. The zero-order valence-electron chi connectivity index (χ0n) is 11.5. The summed E-state index contributed by atoms with van der Waals surface area (Å²) < 4.78 is 0. The molecule has 0 spiro atoms. The Labute approximate surface area is 101 Å². The van der Waals surface area contributed by atoms with E-state index in [-0.39, 0.29) is 0 Å². The lowest BCUT2D eigenvalue weighted by atomic mass is 10.1. The third-order valence-corrected chi connectivity index (χ3v) is 3.89. The van der Waals surface area contributed by atoms with E-state index in [1.807, 2.05) is 0 Å². The molecule has 1 atom stereocenters. The first-order valence-electron chi connectivity index (χ1n) is 6.83. The first kappa shape index (κ1) is 13.9. The lowest BCUT2D eigenvalue weighted by Gasteiger charge is -2.37. The first-order valence-corrected chi connectivity index (χ1v) is 6.83. The Morgan fingerprint density at radius 1 is 1.25 bits per heavy atom. The van der Waals surface area contributed by atoms with Gasteiger partial charge in [-0.1, -0.05) is 13.8 Å². The second-order valence-corrected chi connectivity index (χ2v) is 5.10. The van der Waals surface area contributed by atoms with Crippen molar-refractivity contribution >= 4 is 0 Å². The van der Waals surface area contributed by atoms with E-state index in [2.05, 4.69) is 42.9 Å². The van der Waals surface area contributed by atoms with E-state index in [0.717, 1.165) is 6.54 Å². The molecule has 0 bridgehead atoms. The maximum Gasteiger partial charge on any atom is 0.0192 e. The fourth-order valence-corrected chi connectivity index (χ4v) is 2.33. The molecule has 0 aromatic rings. The van der Waals surface area contributed by atoms with Crippen LogP contribution in [0, 0.1) is 0 Å². The number of likely N-dealkylation sites (N-methyl/N-ethyl adjacent to an activating group) is 1. The zero-order valence-corrected chi connectivity index (χ0v) is 11.5. The summed E-state index contributed by atoms with van der Waals surface area (Å²) in [5.74, 6) is 0. The number of hydrogen-bond donors (Lipinski definition) is 1.